The van der Waals surface area contributed by atoms with Crippen LogP contribution in [0.15, 0.2) is 42.5 Å². The molecule has 1 atom stereocenters. The van der Waals surface area contributed by atoms with Crippen molar-refractivity contribution in [2.45, 2.75) is 38.5 Å². The van der Waals surface area contributed by atoms with Gasteiger partial charge in [-0.25, -0.2) is 8.78 Å². The Balaban J connectivity index is 0.000000210. The van der Waals surface area contributed by atoms with Crippen molar-refractivity contribution < 1.29 is 37.7 Å². The fraction of sp³-hybridized carbons (Fsp3) is 0.375. The first-order chi connectivity index (χ1) is 15.8. The van der Waals surface area contributed by atoms with Crippen molar-refractivity contribution >= 4 is 18.7 Å². The molecule has 33 heavy (non-hydrogen) atoms. The minimum atomic E-state index is -0.641. The lowest BCUT2D eigenvalue weighted by molar-refractivity contribution is -0.153. The first-order valence-electron chi connectivity index (χ1n) is 10.4. The van der Waals surface area contributed by atoms with Gasteiger partial charge < -0.3 is 19.5 Å². The van der Waals surface area contributed by atoms with Crippen molar-refractivity contribution in [1.29, 1.82) is 0 Å². The lowest BCUT2D eigenvalue weighted by atomic mass is 10.0. The van der Waals surface area contributed by atoms with Crippen LogP contribution in [-0.4, -0.2) is 60.3 Å². The zero-order valence-corrected chi connectivity index (χ0v) is 18.5. The van der Waals surface area contributed by atoms with E-state index in [0.29, 0.717) is 38.0 Å². The molecule has 1 unspecified atom stereocenters. The van der Waals surface area contributed by atoms with E-state index in [1.54, 1.807) is 0 Å². The van der Waals surface area contributed by atoms with E-state index in [0.717, 1.165) is 18.1 Å². The maximum Gasteiger partial charge on any atom is 0.290 e. The number of rotatable bonds is 3. The fourth-order valence-corrected chi connectivity index (χ4v) is 3.75. The van der Waals surface area contributed by atoms with Crippen molar-refractivity contribution in [2.75, 3.05) is 19.8 Å². The second-order valence-electron chi connectivity index (χ2n) is 7.52. The molecule has 2 saturated heterocycles. The number of hydrogen-bond donors (Lipinski definition) is 1. The number of carboxylic acid groups (broad SMARTS) is 1. The van der Waals surface area contributed by atoms with Crippen LogP contribution in [0.3, 0.4) is 0 Å². The number of aryl methyl sites for hydroxylation is 1. The molecule has 0 bridgehead atoms. The molecule has 2 aliphatic heterocycles. The molecule has 0 radical (unpaired) electrons. The average molecular weight is 463 g/mol. The van der Waals surface area contributed by atoms with E-state index in [1.807, 2.05) is 31.2 Å². The first-order valence-corrected chi connectivity index (χ1v) is 10.4. The van der Waals surface area contributed by atoms with Crippen LogP contribution in [0.25, 0.3) is 11.1 Å². The number of halogens is 2. The third-order valence-electron chi connectivity index (χ3n) is 5.35. The first kappa shape index (κ1) is 26.1. The second-order valence-corrected chi connectivity index (χ2v) is 7.52. The Kier molecular flexibility index (Phi) is 9.62. The summed E-state index contributed by atoms with van der Waals surface area (Å²) in [6.45, 7) is 5.20. The summed E-state index contributed by atoms with van der Waals surface area (Å²) in [7, 11) is 0. The molecule has 2 heterocycles. The second kappa shape index (κ2) is 12.2. The number of ether oxygens (including phenoxy) is 2. The van der Waals surface area contributed by atoms with Gasteiger partial charge in [-0.3, -0.25) is 14.4 Å². The number of carbonyl (C=O) groups is 3. The van der Waals surface area contributed by atoms with E-state index < -0.39 is 23.3 Å². The van der Waals surface area contributed by atoms with Gasteiger partial charge in [-0.2, -0.15) is 0 Å². The average Bonchev–Trinajstić information content (AvgIpc) is 3.40. The molecule has 2 aliphatic rings. The molecule has 0 saturated carbocycles. The molecule has 1 spiro atoms. The van der Waals surface area contributed by atoms with Gasteiger partial charge in [-0.05, 0) is 36.6 Å². The summed E-state index contributed by atoms with van der Waals surface area (Å²) in [4.78, 5) is 31.4. The smallest absolute Gasteiger partial charge is 0.290 e. The van der Waals surface area contributed by atoms with Crippen molar-refractivity contribution in [3.8, 4) is 11.1 Å². The largest absolute Gasteiger partial charge is 0.483 e. The fourth-order valence-electron chi connectivity index (χ4n) is 3.75. The van der Waals surface area contributed by atoms with E-state index in [-0.39, 0.29) is 12.5 Å². The molecular weight excluding hydrogens is 436 g/mol. The standard InChI is InChI=1S/C14H12F2.C9H13NO4.CH2O2/c1-2-10-3-5-11(6-4-10)13-8-7-12(15)9-14(13)16;1-7-4-9(13-2-3-14-9)6-10(7)8(12)5-11;2-1-3/h3-9H,2H2,1H3;5,7H,2-4,6H2,1H3;1H,(H,2,3). The Labute approximate surface area is 190 Å². The van der Waals surface area contributed by atoms with E-state index in [1.165, 1.54) is 22.6 Å². The molecular formula is C24H27F2NO6. The van der Waals surface area contributed by atoms with E-state index in [4.69, 9.17) is 19.4 Å². The molecule has 9 heteroatoms. The van der Waals surface area contributed by atoms with Crippen LogP contribution in [0.2, 0.25) is 0 Å². The number of benzene rings is 2. The van der Waals surface area contributed by atoms with Gasteiger partial charge in [0.25, 0.3) is 12.4 Å². The van der Waals surface area contributed by atoms with E-state index in [2.05, 4.69) is 6.92 Å². The Bertz CT molecular complexity index is 944. The van der Waals surface area contributed by atoms with Crippen LogP contribution in [0, 0.1) is 11.6 Å². The summed E-state index contributed by atoms with van der Waals surface area (Å²) in [5.74, 6) is -2.21. The van der Waals surface area contributed by atoms with Crippen LogP contribution < -0.4 is 0 Å². The Morgan fingerprint density at radius 1 is 1.15 bits per heavy atom. The third-order valence-corrected chi connectivity index (χ3v) is 5.35. The Morgan fingerprint density at radius 3 is 2.27 bits per heavy atom. The van der Waals surface area contributed by atoms with Gasteiger partial charge in [0.05, 0.1) is 19.8 Å². The van der Waals surface area contributed by atoms with Crippen molar-refractivity contribution in [3.05, 3.63) is 59.7 Å². The molecule has 0 aliphatic carbocycles. The van der Waals surface area contributed by atoms with Crippen molar-refractivity contribution in [3.63, 3.8) is 0 Å². The van der Waals surface area contributed by atoms with Crippen molar-refractivity contribution in [2.24, 2.45) is 0 Å². The van der Waals surface area contributed by atoms with Gasteiger partial charge in [0, 0.05) is 24.1 Å². The predicted octanol–water partition coefficient (Wildman–Crippen LogP) is 3.44. The van der Waals surface area contributed by atoms with Crippen LogP contribution in [0.4, 0.5) is 8.78 Å². The Hall–Kier alpha value is -3.17. The zero-order chi connectivity index (χ0) is 24.4. The normalized spacial score (nSPS) is 18.1. The summed E-state index contributed by atoms with van der Waals surface area (Å²) in [5.41, 5.74) is 2.41. The maximum atomic E-state index is 13.5. The number of hydrogen-bond acceptors (Lipinski definition) is 5. The summed E-state index contributed by atoms with van der Waals surface area (Å²) in [6, 6.07) is 11.3. The minimum Gasteiger partial charge on any atom is -0.483 e. The zero-order valence-electron chi connectivity index (χ0n) is 18.5. The van der Waals surface area contributed by atoms with E-state index >= 15 is 0 Å². The van der Waals surface area contributed by atoms with Crippen LogP contribution >= 0.6 is 0 Å². The molecule has 178 valence electrons. The van der Waals surface area contributed by atoms with Crippen LogP contribution in [-0.2, 0) is 30.3 Å². The van der Waals surface area contributed by atoms with E-state index in [9.17, 15) is 18.4 Å². The third kappa shape index (κ3) is 6.90. The Morgan fingerprint density at radius 2 is 1.76 bits per heavy atom. The highest BCUT2D eigenvalue weighted by Crippen LogP contribution is 2.34. The number of aldehydes is 1. The van der Waals surface area contributed by atoms with Gasteiger partial charge in [0.2, 0.25) is 6.29 Å². The molecule has 1 amide bonds. The minimum absolute atomic E-state index is 0.00537. The molecule has 2 aromatic carbocycles. The lowest BCUT2D eigenvalue weighted by Crippen LogP contribution is -2.38. The van der Waals surface area contributed by atoms with Crippen molar-refractivity contribution in [1.82, 2.24) is 4.90 Å². The highest BCUT2D eigenvalue weighted by atomic mass is 19.1. The molecule has 7 nitrogen and oxygen atoms in total. The predicted molar refractivity (Wildman–Crippen MR) is 116 cm³/mol. The molecule has 2 aromatic rings. The summed E-state index contributed by atoms with van der Waals surface area (Å²) >= 11 is 0. The summed E-state index contributed by atoms with van der Waals surface area (Å²) < 4.78 is 37.1. The van der Waals surface area contributed by atoms with Gasteiger partial charge >= 0.3 is 0 Å². The van der Waals surface area contributed by atoms with Gasteiger partial charge in [0.15, 0.2) is 5.79 Å². The number of likely N-dealkylation sites (tertiary alicyclic amines) is 1. The summed E-state index contributed by atoms with van der Waals surface area (Å²) in [6.07, 6.45) is 1.93. The highest BCUT2D eigenvalue weighted by molar-refractivity contribution is 6.23. The van der Waals surface area contributed by atoms with Crippen LogP contribution in [0.5, 0.6) is 0 Å². The number of amides is 1. The SMILES string of the molecule is CC1CC2(CN1C(=O)C=O)OCCO2.CCc1ccc(-c2ccc(F)cc2F)cc1.O=CO. The summed E-state index contributed by atoms with van der Waals surface area (Å²) in [5, 5.41) is 6.89. The van der Waals surface area contributed by atoms with Gasteiger partial charge in [0.1, 0.15) is 11.6 Å². The van der Waals surface area contributed by atoms with Crippen LogP contribution in [0.1, 0.15) is 25.8 Å². The lowest BCUT2D eigenvalue weighted by Gasteiger charge is -2.21. The highest BCUT2D eigenvalue weighted by Gasteiger charge is 2.48. The molecule has 2 fully saturated rings. The topological polar surface area (TPSA) is 93.1 Å². The number of carbonyl (C=O) groups excluding carboxylic acids is 2. The maximum absolute atomic E-state index is 13.5. The molecule has 4 rings (SSSR count). The molecule has 0 aromatic heterocycles. The quantitative estimate of drug-likeness (QED) is 0.554. The molecule has 1 N–H and O–H groups in total. The monoisotopic (exact) mass is 463 g/mol. The van der Waals surface area contributed by atoms with Gasteiger partial charge in [-0.15, -0.1) is 0 Å². The van der Waals surface area contributed by atoms with Gasteiger partial charge in [-0.1, -0.05) is 31.2 Å². The number of nitrogens with zero attached hydrogens (tertiary/aromatic N) is 1.